The number of carboxylic acids is 1. The molecule has 3 aromatic carbocycles. The van der Waals surface area contributed by atoms with Crippen molar-refractivity contribution in [1.82, 2.24) is 9.97 Å². The summed E-state index contributed by atoms with van der Waals surface area (Å²) in [6, 6.07) is 16.4. The van der Waals surface area contributed by atoms with Gasteiger partial charge in [-0.2, -0.15) is 16.8 Å². The van der Waals surface area contributed by atoms with Gasteiger partial charge < -0.3 is 21.1 Å². The molecule has 1 heterocycles. The van der Waals surface area contributed by atoms with Crippen molar-refractivity contribution in [2.24, 2.45) is 5.73 Å². The van der Waals surface area contributed by atoms with Gasteiger partial charge in [-0.25, -0.2) is 9.78 Å². The number of benzene rings is 3. The maximum Gasteiger partial charge on any atom is 0.336 e. The summed E-state index contributed by atoms with van der Waals surface area (Å²) in [6.45, 7) is 0. The van der Waals surface area contributed by atoms with Crippen LogP contribution in [-0.2, 0) is 20.2 Å². The van der Waals surface area contributed by atoms with E-state index in [1.165, 1.54) is 12.4 Å². The molecule has 0 spiro atoms. The Balaban J connectivity index is 0.000000482. The molecule has 16 heteroatoms. The van der Waals surface area contributed by atoms with Crippen molar-refractivity contribution in [3.63, 3.8) is 0 Å². The summed E-state index contributed by atoms with van der Waals surface area (Å²) in [7, 11) is -7.33. The standard InChI is InChI=1S/C22H17N5O3.2CH4O3S/c23-20(24)12-5-7-13(8-6-12)27-21(28)17-10-19-18(25-11-26-19)9-16(17)14-3-1-2-4-15(14)22(29)30;2*1-5(2,3)4/h1-11H,(H3,23,24)(H,25,26)(H,27,28)(H,29,30);2*1H3,(H,2,3,4). The van der Waals surface area contributed by atoms with Crippen LogP contribution in [0.5, 0.6) is 0 Å². The van der Waals surface area contributed by atoms with Crippen molar-refractivity contribution in [2.75, 3.05) is 17.8 Å². The lowest BCUT2D eigenvalue weighted by Crippen LogP contribution is -2.15. The van der Waals surface area contributed by atoms with E-state index in [9.17, 15) is 31.5 Å². The molecule has 4 aromatic rings. The summed E-state index contributed by atoms with van der Waals surface area (Å²) >= 11 is 0. The number of aromatic carboxylic acids is 1. The molecule has 0 aliphatic carbocycles. The van der Waals surface area contributed by atoms with Gasteiger partial charge in [-0.15, -0.1) is 0 Å². The third-order valence-corrected chi connectivity index (χ3v) is 4.71. The van der Waals surface area contributed by atoms with Crippen molar-refractivity contribution in [2.45, 2.75) is 0 Å². The third-order valence-electron chi connectivity index (χ3n) is 4.71. The number of hydrogen-bond donors (Lipinski definition) is 7. The first-order chi connectivity index (χ1) is 18.4. The first-order valence-electron chi connectivity index (χ1n) is 10.8. The smallest absolute Gasteiger partial charge is 0.336 e. The van der Waals surface area contributed by atoms with Crippen LogP contribution in [-0.4, -0.2) is 71.2 Å². The van der Waals surface area contributed by atoms with E-state index in [-0.39, 0.29) is 11.4 Å². The van der Waals surface area contributed by atoms with E-state index < -0.39 is 32.1 Å². The predicted molar refractivity (Wildman–Crippen MR) is 149 cm³/mol. The minimum Gasteiger partial charge on any atom is -0.478 e. The Labute approximate surface area is 228 Å². The van der Waals surface area contributed by atoms with Crippen molar-refractivity contribution < 1.29 is 40.6 Å². The van der Waals surface area contributed by atoms with Gasteiger partial charge in [0.25, 0.3) is 26.1 Å². The maximum atomic E-state index is 13.1. The summed E-state index contributed by atoms with van der Waals surface area (Å²) in [6.07, 6.45) is 2.94. The van der Waals surface area contributed by atoms with Crippen molar-refractivity contribution in [3.8, 4) is 11.1 Å². The summed E-state index contributed by atoms with van der Waals surface area (Å²) in [5.74, 6) is -1.55. The second-order valence-corrected chi connectivity index (χ2v) is 11.0. The van der Waals surface area contributed by atoms with Gasteiger partial charge in [-0.3, -0.25) is 19.3 Å². The molecule has 0 radical (unpaired) electrons. The Morgan fingerprint density at radius 3 is 1.98 bits per heavy atom. The highest BCUT2D eigenvalue weighted by molar-refractivity contribution is 7.85. The lowest BCUT2D eigenvalue weighted by molar-refractivity contribution is 0.0697. The number of amidine groups is 1. The number of rotatable bonds is 5. The first-order valence-corrected chi connectivity index (χ1v) is 14.5. The summed E-state index contributed by atoms with van der Waals surface area (Å²) in [4.78, 5) is 32.0. The summed E-state index contributed by atoms with van der Waals surface area (Å²) in [5.41, 5.74) is 9.08. The molecule has 0 atom stereocenters. The molecule has 212 valence electrons. The number of nitrogen functional groups attached to an aromatic ring is 1. The van der Waals surface area contributed by atoms with Gasteiger partial charge in [0.2, 0.25) is 0 Å². The Morgan fingerprint density at radius 1 is 0.900 bits per heavy atom. The largest absolute Gasteiger partial charge is 0.478 e. The zero-order chi connectivity index (χ0) is 30.3. The number of anilines is 1. The van der Waals surface area contributed by atoms with Crippen LogP contribution in [0.4, 0.5) is 5.69 Å². The van der Waals surface area contributed by atoms with Crippen LogP contribution < -0.4 is 11.1 Å². The van der Waals surface area contributed by atoms with E-state index in [4.69, 9.17) is 20.2 Å². The number of carbonyl (C=O) groups is 2. The number of aromatic nitrogens is 2. The number of hydrogen-bond acceptors (Lipinski definition) is 8. The molecule has 40 heavy (non-hydrogen) atoms. The number of H-pyrrole nitrogens is 1. The predicted octanol–water partition coefficient (Wildman–Crippen LogP) is 2.47. The molecule has 4 rings (SSSR count). The first kappa shape index (κ1) is 31.6. The van der Waals surface area contributed by atoms with Crippen LogP contribution in [0.25, 0.3) is 22.2 Å². The van der Waals surface area contributed by atoms with Gasteiger partial charge >= 0.3 is 5.97 Å². The fourth-order valence-corrected chi connectivity index (χ4v) is 3.23. The fraction of sp³-hybridized carbons (Fsp3) is 0.0833. The molecule has 0 aliphatic rings. The number of aromatic amines is 1. The third kappa shape index (κ3) is 10.3. The molecule has 1 amide bonds. The topological polar surface area (TPSA) is 254 Å². The number of fused-ring (bicyclic) bond motifs is 1. The number of imidazole rings is 1. The quantitative estimate of drug-likeness (QED) is 0.101. The van der Waals surface area contributed by atoms with Crippen LogP contribution in [0.15, 0.2) is 67.0 Å². The number of nitrogens with zero attached hydrogens (tertiary/aromatic N) is 1. The van der Waals surface area contributed by atoms with Crippen LogP contribution in [0.1, 0.15) is 26.3 Å². The molecule has 0 bridgehead atoms. The Morgan fingerprint density at radius 2 is 1.45 bits per heavy atom. The molecule has 0 aliphatic heterocycles. The minimum absolute atomic E-state index is 0.0647. The van der Waals surface area contributed by atoms with Gasteiger partial charge in [0, 0.05) is 16.8 Å². The Bertz CT molecular complexity index is 1720. The van der Waals surface area contributed by atoms with E-state index in [0.29, 0.717) is 51.5 Å². The molecule has 0 saturated heterocycles. The molecule has 1 aromatic heterocycles. The average Bonchev–Trinajstić information content (AvgIpc) is 3.29. The van der Waals surface area contributed by atoms with Crippen LogP contribution in [0.3, 0.4) is 0 Å². The van der Waals surface area contributed by atoms with Crippen molar-refractivity contribution in [3.05, 3.63) is 83.7 Å². The summed E-state index contributed by atoms with van der Waals surface area (Å²) < 4.78 is 51.7. The molecule has 14 nitrogen and oxygen atoms in total. The lowest BCUT2D eigenvalue weighted by atomic mass is 9.94. The molecule has 0 saturated carbocycles. The van der Waals surface area contributed by atoms with Gasteiger partial charge in [0.1, 0.15) is 5.84 Å². The normalized spacial score (nSPS) is 10.9. The number of nitrogens with two attached hydrogens (primary N) is 1. The zero-order valence-corrected chi connectivity index (χ0v) is 22.6. The van der Waals surface area contributed by atoms with Gasteiger partial charge in [0.05, 0.1) is 35.4 Å². The van der Waals surface area contributed by atoms with E-state index >= 15 is 0 Å². The Kier molecular flexibility index (Phi) is 10.2. The number of amides is 1. The number of carboxylic acid groups (broad SMARTS) is 1. The van der Waals surface area contributed by atoms with Crippen molar-refractivity contribution >= 4 is 54.7 Å². The Hall–Kier alpha value is -4.64. The van der Waals surface area contributed by atoms with E-state index in [2.05, 4.69) is 15.3 Å². The zero-order valence-electron chi connectivity index (χ0n) is 21.0. The van der Waals surface area contributed by atoms with Crippen LogP contribution in [0, 0.1) is 5.41 Å². The average molecular weight is 592 g/mol. The van der Waals surface area contributed by atoms with Crippen LogP contribution in [0.2, 0.25) is 0 Å². The van der Waals surface area contributed by atoms with Crippen molar-refractivity contribution in [1.29, 1.82) is 5.41 Å². The van der Waals surface area contributed by atoms with E-state index in [1.54, 1.807) is 54.6 Å². The van der Waals surface area contributed by atoms with Gasteiger partial charge in [-0.05, 0) is 53.6 Å². The number of nitrogens with one attached hydrogen (secondary N) is 3. The molecular weight excluding hydrogens is 566 g/mol. The van der Waals surface area contributed by atoms with Crippen LogP contribution >= 0.6 is 0 Å². The highest BCUT2D eigenvalue weighted by atomic mass is 32.2. The minimum atomic E-state index is -3.67. The molecule has 0 fully saturated rings. The summed E-state index contributed by atoms with van der Waals surface area (Å²) in [5, 5.41) is 19.8. The van der Waals surface area contributed by atoms with E-state index in [1.807, 2.05) is 0 Å². The monoisotopic (exact) mass is 591 g/mol. The fourth-order valence-electron chi connectivity index (χ4n) is 3.23. The molecule has 0 unspecified atom stereocenters. The molecule has 8 N–H and O–H groups in total. The number of carbonyl (C=O) groups excluding carboxylic acids is 1. The lowest BCUT2D eigenvalue weighted by Gasteiger charge is -2.13. The maximum absolute atomic E-state index is 13.1. The van der Waals surface area contributed by atoms with Gasteiger partial charge in [0.15, 0.2) is 0 Å². The second kappa shape index (κ2) is 12.9. The highest BCUT2D eigenvalue weighted by Crippen LogP contribution is 2.31. The van der Waals surface area contributed by atoms with Gasteiger partial charge in [-0.1, -0.05) is 18.2 Å². The highest BCUT2D eigenvalue weighted by Gasteiger charge is 2.20. The van der Waals surface area contributed by atoms with E-state index in [0.717, 1.165) is 0 Å². The second-order valence-electron chi connectivity index (χ2n) is 8.08. The SMILES string of the molecule is CS(=O)(=O)O.CS(=O)(=O)O.N=C(N)c1ccc(NC(=O)c2cc3[nH]cnc3cc2-c2ccccc2C(=O)O)cc1. The molecular formula is C24H25N5O9S2.